The van der Waals surface area contributed by atoms with Crippen molar-refractivity contribution in [1.82, 2.24) is 4.90 Å². The normalized spacial score (nSPS) is 15.8. The van der Waals surface area contributed by atoms with Gasteiger partial charge < -0.3 is 24.6 Å². The Hall–Kier alpha value is -3.76. The van der Waals surface area contributed by atoms with Crippen LogP contribution in [0.2, 0.25) is 0 Å². The molecule has 1 N–H and O–H groups in total. The van der Waals surface area contributed by atoms with Crippen molar-refractivity contribution in [2.45, 2.75) is 12.8 Å². The molecule has 1 fully saturated rings. The number of esters is 1. The summed E-state index contributed by atoms with van der Waals surface area (Å²) in [7, 11) is 0. The summed E-state index contributed by atoms with van der Waals surface area (Å²) in [6.07, 6.45) is -4.58. The van der Waals surface area contributed by atoms with Gasteiger partial charge in [-0.2, -0.15) is 0 Å². The molecule has 168 valence electrons. The monoisotopic (exact) mass is 449 g/mol. The minimum atomic E-state index is -4.75. The third-order valence-corrected chi connectivity index (χ3v) is 5.08. The van der Waals surface area contributed by atoms with Crippen molar-refractivity contribution >= 4 is 29.2 Å². The summed E-state index contributed by atoms with van der Waals surface area (Å²) in [5.41, 5.74) is 1.74. The number of fused-ring (bicyclic) bond motifs is 1. The number of hydrogen-bond donors (Lipinski definition) is 1. The van der Waals surface area contributed by atoms with Crippen molar-refractivity contribution < 1.29 is 37.0 Å². The smallest absolute Gasteiger partial charge is 0.426 e. The molecule has 2 amide bonds. The van der Waals surface area contributed by atoms with Crippen LogP contribution in [-0.4, -0.2) is 55.2 Å². The Morgan fingerprint density at radius 1 is 1.00 bits per heavy atom. The van der Waals surface area contributed by atoms with E-state index in [4.69, 9.17) is 4.74 Å². The molecule has 0 saturated carbocycles. The van der Waals surface area contributed by atoms with Gasteiger partial charge in [0.2, 0.25) is 0 Å². The molecule has 0 bridgehead atoms. The number of anilines is 2. The highest BCUT2D eigenvalue weighted by Crippen LogP contribution is 2.29. The molecule has 0 aliphatic carbocycles. The predicted molar refractivity (Wildman–Crippen MR) is 106 cm³/mol. The fraction of sp³-hybridized carbons (Fsp3) is 0.286. The summed E-state index contributed by atoms with van der Waals surface area (Å²) in [4.78, 5) is 39.5. The van der Waals surface area contributed by atoms with E-state index in [-0.39, 0.29) is 31.2 Å². The highest BCUT2D eigenvalue weighted by Gasteiger charge is 2.31. The molecule has 2 aromatic rings. The second-order valence-electron chi connectivity index (χ2n) is 7.25. The first-order valence-corrected chi connectivity index (χ1v) is 9.72. The first-order chi connectivity index (χ1) is 15.2. The van der Waals surface area contributed by atoms with Crippen molar-refractivity contribution in [3.05, 3.63) is 48.0 Å². The molecule has 8 nitrogen and oxygen atoms in total. The van der Waals surface area contributed by atoms with Gasteiger partial charge in [0, 0.05) is 49.2 Å². The minimum absolute atomic E-state index is 0.171. The molecule has 0 radical (unpaired) electrons. The summed E-state index contributed by atoms with van der Waals surface area (Å²) >= 11 is 0. The quantitative estimate of drug-likeness (QED) is 0.440. The van der Waals surface area contributed by atoms with Gasteiger partial charge in [-0.3, -0.25) is 14.4 Å². The summed E-state index contributed by atoms with van der Waals surface area (Å²) in [5.74, 6) is -1.83. The molecule has 0 aromatic heterocycles. The van der Waals surface area contributed by atoms with Crippen molar-refractivity contribution in [2.24, 2.45) is 0 Å². The Bertz CT molecular complexity index is 1050. The molecule has 11 heteroatoms. The number of nitrogens with one attached hydrogen (secondary N) is 1. The van der Waals surface area contributed by atoms with E-state index in [0.717, 1.165) is 0 Å². The standard InChI is InChI=1S/C21H18F3N3O5/c22-21(23,24)32-16-5-3-15(4-6-16)26-7-9-27(10-8-26)20(30)19(29)25-14-2-1-13-11-18(28)31-17(13)12-14/h1-6,12H,7-11H2,(H,25,29). The van der Waals surface area contributed by atoms with Gasteiger partial charge in [0.25, 0.3) is 0 Å². The van der Waals surface area contributed by atoms with Gasteiger partial charge in [0.1, 0.15) is 11.5 Å². The number of amides is 2. The van der Waals surface area contributed by atoms with E-state index >= 15 is 0 Å². The van der Waals surface area contributed by atoms with Crippen LogP contribution >= 0.6 is 0 Å². The van der Waals surface area contributed by atoms with E-state index in [9.17, 15) is 27.6 Å². The third-order valence-electron chi connectivity index (χ3n) is 5.08. The number of carbonyl (C=O) groups excluding carboxylic acids is 3. The Morgan fingerprint density at radius 2 is 1.69 bits per heavy atom. The van der Waals surface area contributed by atoms with Gasteiger partial charge in [-0.1, -0.05) is 6.07 Å². The fourth-order valence-corrected chi connectivity index (χ4v) is 3.54. The Kier molecular flexibility index (Phi) is 5.64. The first-order valence-electron chi connectivity index (χ1n) is 9.72. The van der Waals surface area contributed by atoms with Crippen molar-refractivity contribution in [2.75, 3.05) is 36.4 Å². The van der Waals surface area contributed by atoms with Crippen molar-refractivity contribution in [3.8, 4) is 11.5 Å². The number of benzene rings is 2. The van der Waals surface area contributed by atoms with Crippen LogP contribution < -0.4 is 19.7 Å². The molecule has 2 aromatic carbocycles. The molecule has 0 unspecified atom stereocenters. The van der Waals surface area contributed by atoms with Crippen LogP contribution in [0.1, 0.15) is 5.56 Å². The minimum Gasteiger partial charge on any atom is -0.426 e. The zero-order valence-electron chi connectivity index (χ0n) is 16.6. The molecular weight excluding hydrogens is 431 g/mol. The van der Waals surface area contributed by atoms with Crippen molar-refractivity contribution in [1.29, 1.82) is 0 Å². The van der Waals surface area contributed by atoms with Gasteiger partial charge in [0.15, 0.2) is 0 Å². The molecule has 32 heavy (non-hydrogen) atoms. The van der Waals surface area contributed by atoms with Gasteiger partial charge in [-0.05, 0) is 30.3 Å². The largest absolute Gasteiger partial charge is 0.573 e. The number of hydrogen-bond acceptors (Lipinski definition) is 6. The van der Waals surface area contributed by atoms with E-state index in [0.29, 0.717) is 35.8 Å². The summed E-state index contributed by atoms with van der Waals surface area (Å²) in [6.45, 7) is 1.37. The Morgan fingerprint density at radius 3 is 2.34 bits per heavy atom. The van der Waals surface area contributed by atoms with E-state index in [1.807, 2.05) is 4.90 Å². The number of rotatable bonds is 3. The lowest BCUT2D eigenvalue weighted by molar-refractivity contribution is -0.274. The lowest BCUT2D eigenvalue weighted by Gasteiger charge is -2.35. The molecule has 2 aliphatic rings. The summed E-state index contributed by atoms with van der Waals surface area (Å²) in [6, 6.07) is 10.2. The average molecular weight is 449 g/mol. The maximum Gasteiger partial charge on any atom is 0.573 e. The zero-order valence-corrected chi connectivity index (χ0v) is 16.6. The Labute approximate surface area is 180 Å². The molecule has 2 aliphatic heterocycles. The van der Waals surface area contributed by atoms with Gasteiger partial charge >= 0.3 is 24.1 Å². The van der Waals surface area contributed by atoms with E-state index in [2.05, 4.69) is 10.1 Å². The van der Waals surface area contributed by atoms with Crippen LogP contribution in [0.5, 0.6) is 11.5 Å². The maximum atomic E-state index is 12.5. The lowest BCUT2D eigenvalue weighted by Crippen LogP contribution is -2.51. The first kappa shape index (κ1) is 21.5. The van der Waals surface area contributed by atoms with Crippen LogP contribution in [0.25, 0.3) is 0 Å². The van der Waals surface area contributed by atoms with E-state index < -0.39 is 18.2 Å². The highest BCUT2D eigenvalue weighted by atomic mass is 19.4. The Balaban J connectivity index is 1.30. The van der Waals surface area contributed by atoms with Crippen molar-refractivity contribution in [3.63, 3.8) is 0 Å². The van der Waals surface area contributed by atoms with Gasteiger partial charge in [-0.15, -0.1) is 13.2 Å². The molecule has 4 rings (SSSR count). The third kappa shape index (κ3) is 4.93. The summed E-state index contributed by atoms with van der Waals surface area (Å²) in [5, 5.41) is 2.51. The topological polar surface area (TPSA) is 88.2 Å². The van der Waals surface area contributed by atoms with Crippen LogP contribution in [-0.2, 0) is 20.8 Å². The predicted octanol–water partition coefficient (Wildman–Crippen LogP) is 2.33. The molecule has 0 atom stereocenters. The summed E-state index contributed by atoms with van der Waals surface area (Å²) < 4.78 is 45.7. The lowest BCUT2D eigenvalue weighted by atomic mass is 10.1. The number of ether oxygens (including phenoxy) is 2. The van der Waals surface area contributed by atoms with Crippen LogP contribution in [0.4, 0.5) is 24.5 Å². The number of halogens is 3. The van der Waals surface area contributed by atoms with Crippen LogP contribution in [0, 0.1) is 0 Å². The van der Waals surface area contributed by atoms with E-state index in [1.165, 1.54) is 35.2 Å². The second-order valence-corrected chi connectivity index (χ2v) is 7.25. The maximum absolute atomic E-state index is 12.5. The SMILES string of the molecule is O=C1Cc2ccc(NC(=O)C(=O)N3CCN(c4ccc(OC(F)(F)F)cc4)CC3)cc2O1. The van der Waals surface area contributed by atoms with Gasteiger partial charge in [0.05, 0.1) is 6.42 Å². The van der Waals surface area contributed by atoms with Crippen LogP contribution in [0.15, 0.2) is 42.5 Å². The van der Waals surface area contributed by atoms with Crippen LogP contribution in [0.3, 0.4) is 0 Å². The zero-order chi connectivity index (χ0) is 22.9. The van der Waals surface area contributed by atoms with Gasteiger partial charge in [-0.25, -0.2) is 0 Å². The van der Waals surface area contributed by atoms with E-state index in [1.54, 1.807) is 12.1 Å². The second kappa shape index (κ2) is 8.40. The number of piperazine rings is 1. The number of nitrogens with zero attached hydrogens (tertiary/aromatic N) is 2. The average Bonchev–Trinajstić information content (AvgIpc) is 3.12. The molecular formula is C21H18F3N3O5. The number of alkyl halides is 3. The molecule has 1 saturated heterocycles. The number of carbonyl (C=O) groups is 3. The molecule has 0 spiro atoms. The highest BCUT2D eigenvalue weighted by molar-refractivity contribution is 6.39. The molecule has 2 heterocycles. The fourth-order valence-electron chi connectivity index (χ4n) is 3.54.